The molecule has 3 aliphatic rings. The van der Waals surface area contributed by atoms with Gasteiger partial charge in [-0.05, 0) is 108 Å². The van der Waals surface area contributed by atoms with Crippen LogP contribution in [0.1, 0.15) is 148 Å². The van der Waals surface area contributed by atoms with Crippen LogP contribution in [0.25, 0.3) is 0 Å². The topological polar surface area (TPSA) is 95.1 Å². The molecule has 2 saturated heterocycles. The van der Waals surface area contributed by atoms with Crippen LogP contribution >= 0.6 is 0 Å². The number of rotatable bonds is 24. The first-order valence-electron chi connectivity index (χ1n) is 18.8. The van der Waals surface area contributed by atoms with Crippen molar-refractivity contribution in [2.45, 2.75) is 172 Å². The number of carbonyl (C=O) groups excluding carboxylic acids is 2. The van der Waals surface area contributed by atoms with Crippen molar-refractivity contribution >= 4 is 11.8 Å². The minimum atomic E-state index is -0.794. The third kappa shape index (κ3) is 17.9. The molecule has 0 radical (unpaired) electrons. The molecule has 0 aromatic carbocycles. The van der Waals surface area contributed by atoms with Crippen LogP contribution < -0.4 is 10.6 Å². The van der Waals surface area contributed by atoms with E-state index in [1.54, 1.807) is 0 Å². The molecular formula is C37H62F2N2O6. The zero-order chi connectivity index (χ0) is 33.4. The highest BCUT2D eigenvalue weighted by atomic mass is 19.1. The van der Waals surface area contributed by atoms with Gasteiger partial charge in [0, 0.05) is 38.5 Å². The van der Waals surface area contributed by atoms with E-state index in [1.807, 2.05) is 0 Å². The zero-order valence-corrected chi connectivity index (χ0v) is 28.8. The van der Waals surface area contributed by atoms with Gasteiger partial charge >= 0.3 is 0 Å². The second kappa shape index (κ2) is 25.1. The first-order chi connectivity index (χ1) is 23.0. The maximum atomic E-state index is 14.5. The standard InChI is InChI=1S/C37H62F2N2O6/c38-30(20-11-7-3-1-5-9-15-26-44-34-24-13-17-28-46-34)36(42)40-32-22-19-23-33(32)41-37(43)31(39)21-12-8-4-2-6-10-16-27-45-35-25-14-18-29-47-35/h20-21,32-35H,1-19,22-29H2,(H,40,42)(H,41,43)/t32-,33+,34?,35?. The molecule has 2 aliphatic heterocycles. The zero-order valence-electron chi connectivity index (χ0n) is 28.8. The highest BCUT2D eigenvalue weighted by molar-refractivity contribution is 5.92. The van der Waals surface area contributed by atoms with E-state index in [2.05, 4.69) is 10.6 Å². The Morgan fingerprint density at radius 1 is 0.553 bits per heavy atom. The average molecular weight is 669 g/mol. The van der Waals surface area contributed by atoms with Gasteiger partial charge in [0.05, 0.1) is 0 Å². The summed E-state index contributed by atoms with van der Waals surface area (Å²) in [4.78, 5) is 24.9. The van der Waals surface area contributed by atoms with Crippen molar-refractivity contribution in [2.24, 2.45) is 0 Å². The summed E-state index contributed by atoms with van der Waals surface area (Å²) in [6.07, 6.45) is 24.5. The number of ether oxygens (including phenoxy) is 4. The van der Waals surface area contributed by atoms with Crippen molar-refractivity contribution in [3.05, 3.63) is 23.8 Å². The third-order valence-corrected chi connectivity index (χ3v) is 9.31. The molecule has 4 atom stereocenters. The number of unbranched alkanes of at least 4 members (excludes halogenated alkanes) is 12. The molecule has 0 spiro atoms. The van der Waals surface area contributed by atoms with E-state index in [4.69, 9.17) is 18.9 Å². The Morgan fingerprint density at radius 2 is 0.957 bits per heavy atom. The van der Waals surface area contributed by atoms with Crippen molar-refractivity contribution in [2.75, 3.05) is 26.4 Å². The van der Waals surface area contributed by atoms with Crippen molar-refractivity contribution in [1.29, 1.82) is 0 Å². The minimum Gasteiger partial charge on any atom is -0.353 e. The summed E-state index contributed by atoms with van der Waals surface area (Å²) in [5, 5.41) is 5.41. The van der Waals surface area contributed by atoms with Crippen molar-refractivity contribution < 1.29 is 37.3 Å². The Balaban J connectivity index is 1.17. The summed E-state index contributed by atoms with van der Waals surface area (Å²) < 4.78 is 51.6. The SMILES string of the molecule is O=C(N[C@H]1CCC[C@H]1NC(=O)C(F)=CCCCCCCCCOC1CCCCO1)C(F)=CCCCCCCCCOC1CCCCO1. The van der Waals surface area contributed by atoms with E-state index in [9.17, 15) is 18.4 Å². The Hall–Kier alpha value is -1.88. The van der Waals surface area contributed by atoms with Gasteiger partial charge in [0.15, 0.2) is 24.2 Å². The number of nitrogens with one attached hydrogen (secondary N) is 2. The summed E-state index contributed by atoms with van der Waals surface area (Å²) in [5.41, 5.74) is 0. The highest BCUT2D eigenvalue weighted by Gasteiger charge is 2.31. The van der Waals surface area contributed by atoms with Gasteiger partial charge in [-0.3, -0.25) is 9.59 Å². The van der Waals surface area contributed by atoms with Gasteiger partial charge in [0.1, 0.15) is 0 Å². The summed E-state index contributed by atoms with van der Waals surface area (Å²) in [7, 11) is 0. The van der Waals surface area contributed by atoms with E-state index in [0.29, 0.717) is 25.7 Å². The van der Waals surface area contributed by atoms with E-state index in [1.165, 1.54) is 25.0 Å². The monoisotopic (exact) mass is 668 g/mol. The predicted molar refractivity (Wildman–Crippen MR) is 180 cm³/mol. The third-order valence-electron chi connectivity index (χ3n) is 9.31. The molecule has 8 nitrogen and oxygen atoms in total. The number of hydrogen-bond donors (Lipinski definition) is 2. The minimum absolute atomic E-state index is 0.0228. The summed E-state index contributed by atoms with van der Waals surface area (Å²) in [6.45, 7) is 3.08. The lowest BCUT2D eigenvalue weighted by Crippen LogP contribution is -2.48. The molecule has 0 aromatic heterocycles. The highest BCUT2D eigenvalue weighted by Crippen LogP contribution is 2.21. The first-order valence-corrected chi connectivity index (χ1v) is 18.8. The fourth-order valence-corrected chi connectivity index (χ4v) is 6.45. The van der Waals surface area contributed by atoms with Crippen molar-refractivity contribution in [1.82, 2.24) is 10.6 Å². The molecule has 0 aromatic rings. The van der Waals surface area contributed by atoms with E-state index < -0.39 is 35.6 Å². The van der Waals surface area contributed by atoms with Gasteiger partial charge in [-0.1, -0.05) is 51.4 Å². The fraction of sp³-hybridized carbons (Fsp3) is 0.838. The number of halogens is 2. The van der Waals surface area contributed by atoms with Gasteiger partial charge in [-0.15, -0.1) is 0 Å². The molecule has 10 heteroatoms. The lowest BCUT2D eigenvalue weighted by Gasteiger charge is -2.22. The molecule has 47 heavy (non-hydrogen) atoms. The molecule has 2 heterocycles. The van der Waals surface area contributed by atoms with Gasteiger partial charge in [0.2, 0.25) is 0 Å². The first kappa shape index (κ1) is 39.6. The van der Waals surface area contributed by atoms with E-state index in [0.717, 1.165) is 136 Å². The van der Waals surface area contributed by atoms with Crippen LogP contribution in [0.5, 0.6) is 0 Å². The summed E-state index contributed by atoms with van der Waals surface area (Å²) >= 11 is 0. The van der Waals surface area contributed by atoms with Crippen LogP contribution in [0.4, 0.5) is 8.78 Å². The van der Waals surface area contributed by atoms with Gasteiger partial charge in [-0.25, -0.2) is 8.78 Å². The second-order valence-electron chi connectivity index (χ2n) is 13.3. The van der Waals surface area contributed by atoms with Crippen LogP contribution in [-0.4, -0.2) is 62.9 Å². The van der Waals surface area contributed by atoms with E-state index >= 15 is 0 Å². The lowest BCUT2D eigenvalue weighted by atomic mass is 10.1. The second-order valence-corrected chi connectivity index (χ2v) is 13.3. The molecule has 2 amide bonds. The Morgan fingerprint density at radius 3 is 1.36 bits per heavy atom. The van der Waals surface area contributed by atoms with Crippen LogP contribution in [0.2, 0.25) is 0 Å². The Kier molecular flexibility index (Phi) is 21.2. The van der Waals surface area contributed by atoms with Crippen LogP contribution in [-0.2, 0) is 28.5 Å². The quantitative estimate of drug-likeness (QED) is 0.0793. The Labute approximate surface area is 282 Å². The number of hydrogen-bond acceptors (Lipinski definition) is 6. The van der Waals surface area contributed by atoms with Crippen molar-refractivity contribution in [3.8, 4) is 0 Å². The molecule has 3 rings (SSSR count). The smallest absolute Gasteiger partial charge is 0.279 e. The molecule has 0 bridgehead atoms. The number of amides is 2. The Bertz CT molecular complexity index is 849. The molecule has 2 N–H and O–H groups in total. The fourth-order valence-electron chi connectivity index (χ4n) is 6.45. The van der Waals surface area contributed by atoms with Crippen LogP contribution in [0.15, 0.2) is 23.8 Å². The molecule has 1 saturated carbocycles. The van der Waals surface area contributed by atoms with Gasteiger partial charge in [-0.2, -0.15) is 0 Å². The van der Waals surface area contributed by atoms with Crippen LogP contribution in [0.3, 0.4) is 0 Å². The maximum absolute atomic E-state index is 14.5. The van der Waals surface area contributed by atoms with Crippen LogP contribution in [0, 0.1) is 0 Å². The average Bonchev–Trinajstić information content (AvgIpc) is 3.52. The summed E-state index contributed by atoms with van der Waals surface area (Å²) in [6, 6.07) is -0.819. The lowest BCUT2D eigenvalue weighted by molar-refractivity contribution is -0.163. The van der Waals surface area contributed by atoms with Crippen molar-refractivity contribution in [3.63, 3.8) is 0 Å². The largest absolute Gasteiger partial charge is 0.353 e. The van der Waals surface area contributed by atoms with Gasteiger partial charge < -0.3 is 29.6 Å². The molecule has 3 fully saturated rings. The molecule has 1 aliphatic carbocycles. The molecule has 2 unspecified atom stereocenters. The normalized spacial score (nSPS) is 24.0. The summed E-state index contributed by atoms with van der Waals surface area (Å²) in [5.74, 6) is -3.12. The predicted octanol–water partition coefficient (Wildman–Crippen LogP) is 8.39. The van der Waals surface area contributed by atoms with E-state index in [-0.39, 0.29) is 12.6 Å². The number of allylic oxidation sites excluding steroid dienone is 2. The number of carbonyl (C=O) groups is 2. The molecule has 270 valence electrons. The molecular weight excluding hydrogens is 606 g/mol. The maximum Gasteiger partial charge on any atom is 0.279 e. The van der Waals surface area contributed by atoms with Gasteiger partial charge in [0.25, 0.3) is 11.8 Å².